The van der Waals surface area contributed by atoms with E-state index in [1.165, 1.54) is 37.1 Å². The summed E-state index contributed by atoms with van der Waals surface area (Å²) >= 11 is 1.43. The van der Waals surface area contributed by atoms with Gasteiger partial charge >= 0.3 is 0 Å². The third-order valence-corrected chi connectivity index (χ3v) is 6.60. The number of aryl methyl sites for hydroxylation is 1. The van der Waals surface area contributed by atoms with Gasteiger partial charge in [0.1, 0.15) is 5.75 Å². The first-order valence-corrected chi connectivity index (χ1v) is 11.2. The van der Waals surface area contributed by atoms with Gasteiger partial charge in [0.05, 0.1) is 22.9 Å². The molecule has 8 heteroatoms. The highest BCUT2D eigenvalue weighted by atomic mass is 32.2. The molecule has 0 spiro atoms. The number of anilines is 1. The number of carbonyl (C=O) groups excluding carboxylic acids is 1. The van der Waals surface area contributed by atoms with Crippen LogP contribution in [0.2, 0.25) is 0 Å². The lowest BCUT2D eigenvalue weighted by atomic mass is 10.2. The fourth-order valence-electron chi connectivity index (χ4n) is 2.44. The van der Waals surface area contributed by atoms with Gasteiger partial charge in [-0.3, -0.25) is 4.79 Å². The number of hydrogen-bond donors (Lipinski definition) is 2. The molecule has 28 heavy (non-hydrogen) atoms. The number of nitrogens with one attached hydrogen (secondary N) is 2. The maximum atomic E-state index is 12.6. The molecule has 2 aromatic rings. The predicted octanol–water partition coefficient (Wildman–Crippen LogP) is 3.81. The van der Waals surface area contributed by atoms with Crippen LogP contribution in [-0.2, 0) is 14.8 Å². The summed E-state index contributed by atoms with van der Waals surface area (Å²) in [6.07, 6.45) is 0. The second-order valence-corrected chi connectivity index (χ2v) is 9.83. The van der Waals surface area contributed by atoms with Crippen LogP contribution in [0.5, 0.6) is 5.75 Å². The Labute approximate surface area is 171 Å². The molecule has 1 atom stereocenters. The smallest absolute Gasteiger partial charge is 0.240 e. The number of ether oxygens (including phenoxy) is 1. The average Bonchev–Trinajstić information content (AvgIpc) is 2.62. The number of benzene rings is 2. The standard InChI is InChI=1S/C20H26N2O4S2/c1-13(2)22-28(24,25)17-10-11-19(26-5)18(12-17)21-20(23)15(4)27-16-8-6-14(3)7-9-16/h6-13,15,22H,1-5H3,(H,21,23). The molecule has 6 nitrogen and oxygen atoms in total. The summed E-state index contributed by atoms with van der Waals surface area (Å²) in [6.45, 7) is 7.29. The second-order valence-electron chi connectivity index (χ2n) is 6.70. The van der Waals surface area contributed by atoms with Gasteiger partial charge < -0.3 is 10.1 Å². The topological polar surface area (TPSA) is 84.5 Å². The lowest BCUT2D eigenvalue weighted by Crippen LogP contribution is -2.30. The molecule has 0 saturated carbocycles. The van der Waals surface area contributed by atoms with Crippen molar-refractivity contribution in [1.29, 1.82) is 0 Å². The first-order chi connectivity index (χ1) is 13.1. The average molecular weight is 423 g/mol. The normalized spacial score (nSPS) is 12.6. The Morgan fingerprint density at radius 2 is 1.71 bits per heavy atom. The van der Waals surface area contributed by atoms with E-state index in [0.29, 0.717) is 11.4 Å². The van der Waals surface area contributed by atoms with Gasteiger partial charge in [0.2, 0.25) is 15.9 Å². The molecule has 0 radical (unpaired) electrons. The van der Waals surface area contributed by atoms with E-state index in [2.05, 4.69) is 10.0 Å². The number of carbonyl (C=O) groups is 1. The Morgan fingerprint density at radius 3 is 2.29 bits per heavy atom. The minimum Gasteiger partial charge on any atom is -0.495 e. The minimum atomic E-state index is -3.68. The number of hydrogen-bond acceptors (Lipinski definition) is 5. The number of sulfonamides is 1. The van der Waals surface area contributed by atoms with Crippen molar-refractivity contribution in [3.63, 3.8) is 0 Å². The van der Waals surface area contributed by atoms with Gasteiger partial charge in [-0.25, -0.2) is 13.1 Å². The molecule has 0 bridgehead atoms. The molecule has 0 aliphatic rings. The summed E-state index contributed by atoms with van der Waals surface area (Å²) in [5.74, 6) is 0.152. The van der Waals surface area contributed by atoms with Crippen LogP contribution in [0, 0.1) is 6.92 Å². The molecule has 2 aromatic carbocycles. The monoisotopic (exact) mass is 422 g/mol. The maximum absolute atomic E-state index is 12.6. The molecule has 0 fully saturated rings. The molecule has 1 amide bonds. The Kier molecular flexibility index (Phi) is 7.51. The largest absolute Gasteiger partial charge is 0.495 e. The highest BCUT2D eigenvalue weighted by Gasteiger charge is 2.20. The van der Waals surface area contributed by atoms with Crippen LogP contribution >= 0.6 is 11.8 Å². The predicted molar refractivity (Wildman–Crippen MR) is 114 cm³/mol. The van der Waals surface area contributed by atoms with Crippen LogP contribution in [0.4, 0.5) is 5.69 Å². The summed E-state index contributed by atoms with van der Waals surface area (Å²) in [6, 6.07) is 12.1. The van der Waals surface area contributed by atoms with Crippen molar-refractivity contribution < 1.29 is 17.9 Å². The molecule has 2 rings (SSSR count). The van der Waals surface area contributed by atoms with Gasteiger partial charge in [0, 0.05) is 10.9 Å². The van der Waals surface area contributed by atoms with Gasteiger partial charge in [0.25, 0.3) is 0 Å². The zero-order valence-corrected chi connectivity index (χ0v) is 18.3. The summed E-state index contributed by atoms with van der Waals surface area (Å²) in [5, 5.41) is 2.41. The van der Waals surface area contributed by atoms with Gasteiger partial charge in [-0.05, 0) is 58.0 Å². The van der Waals surface area contributed by atoms with Crippen molar-refractivity contribution in [2.24, 2.45) is 0 Å². The van der Waals surface area contributed by atoms with E-state index in [9.17, 15) is 13.2 Å². The van der Waals surface area contributed by atoms with E-state index in [0.717, 1.165) is 10.5 Å². The fourth-order valence-corrected chi connectivity index (χ4v) is 4.58. The number of methoxy groups -OCH3 is 1. The Hall–Kier alpha value is -2.03. The van der Waals surface area contributed by atoms with Crippen LogP contribution in [-0.4, -0.2) is 32.7 Å². The van der Waals surface area contributed by atoms with E-state index < -0.39 is 10.0 Å². The van der Waals surface area contributed by atoms with E-state index >= 15 is 0 Å². The highest BCUT2D eigenvalue weighted by Crippen LogP contribution is 2.30. The van der Waals surface area contributed by atoms with E-state index in [4.69, 9.17) is 4.74 Å². The van der Waals surface area contributed by atoms with E-state index in [1.807, 2.05) is 31.2 Å². The fraction of sp³-hybridized carbons (Fsp3) is 0.350. The minimum absolute atomic E-state index is 0.0659. The molecule has 1 unspecified atom stereocenters. The number of rotatable bonds is 8. The van der Waals surface area contributed by atoms with Crippen molar-refractivity contribution in [3.8, 4) is 5.75 Å². The molecule has 0 aromatic heterocycles. The molecule has 0 aliphatic carbocycles. The summed E-state index contributed by atoms with van der Waals surface area (Å²) < 4.78 is 32.6. The molecular formula is C20H26N2O4S2. The van der Waals surface area contributed by atoms with Crippen LogP contribution in [0.15, 0.2) is 52.3 Å². The van der Waals surface area contributed by atoms with Gasteiger partial charge in [-0.2, -0.15) is 0 Å². The molecule has 0 heterocycles. The van der Waals surface area contributed by atoms with Crippen molar-refractivity contribution in [2.45, 2.75) is 48.8 Å². The SMILES string of the molecule is COc1ccc(S(=O)(=O)NC(C)C)cc1NC(=O)C(C)Sc1ccc(C)cc1. The van der Waals surface area contributed by atoms with Gasteiger partial charge in [0.15, 0.2) is 0 Å². The Balaban J connectivity index is 2.20. The van der Waals surface area contributed by atoms with E-state index in [-0.39, 0.29) is 22.1 Å². The van der Waals surface area contributed by atoms with Crippen molar-refractivity contribution >= 4 is 33.4 Å². The highest BCUT2D eigenvalue weighted by molar-refractivity contribution is 8.00. The first kappa shape index (κ1) is 22.3. The zero-order valence-electron chi connectivity index (χ0n) is 16.6. The third-order valence-electron chi connectivity index (χ3n) is 3.83. The Morgan fingerprint density at radius 1 is 1.07 bits per heavy atom. The van der Waals surface area contributed by atoms with Crippen LogP contribution in [0.1, 0.15) is 26.3 Å². The number of amides is 1. The second kappa shape index (κ2) is 9.45. The lowest BCUT2D eigenvalue weighted by molar-refractivity contribution is -0.115. The summed E-state index contributed by atoms with van der Waals surface area (Å²) in [4.78, 5) is 13.7. The van der Waals surface area contributed by atoms with Crippen LogP contribution < -0.4 is 14.8 Å². The molecule has 0 aliphatic heterocycles. The van der Waals surface area contributed by atoms with Gasteiger partial charge in [-0.15, -0.1) is 11.8 Å². The molecule has 152 valence electrons. The van der Waals surface area contributed by atoms with Gasteiger partial charge in [-0.1, -0.05) is 17.7 Å². The Bertz CT molecular complexity index is 926. The summed E-state index contributed by atoms with van der Waals surface area (Å²) in [7, 11) is -2.21. The quantitative estimate of drug-likeness (QED) is 0.632. The van der Waals surface area contributed by atoms with Crippen LogP contribution in [0.25, 0.3) is 0 Å². The lowest BCUT2D eigenvalue weighted by Gasteiger charge is -2.16. The van der Waals surface area contributed by atoms with Crippen molar-refractivity contribution in [1.82, 2.24) is 4.72 Å². The first-order valence-electron chi connectivity index (χ1n) is 8.87. The molecular weight excluding hydrogens is 396 g/mol. The summed E-state index contributed by atoms with van der Waals surface area (Å²) in [5.41, 5.74) is 1.47. The number of thioether (sulfide) groups is 1. The third kappa shape index (κ3) is 5.98. The van der Waals surface area contributed by atoms with Crippen molar-refractivity contribution in [2.75, 3.05) is 12.4 Å². The van der Waals surface area contributed by atoms with Crippen molar-refractivity contribution in [3.05, 3.63) is 48.0 Å². The van der Waals surface area contributed by atoms with Crippen LogP contribution in [0.3, 0.4) is 0 Å². The molecule has 2 N–H and O–H groups in total. The zero-order chi connectivity index (χ0) is 20.9. The van der Waals surface area contributed by atoms with E-state index in [1.54, 1.807) is 20.8 Å². The molecule has 0 saturated heterocycles. The maximum Gasteiger partial charge on any atom is 0.240 e.